The fourth-order valence-corrected chi connectivity index (χ4v) is 5.28. The van der Waals surface area contributed by atoms with E-state index in [1.165, 1.54) is 28.8 Å². The van der Waals surface area contributed by atoms with Crippen LogP contribution in [0.2, 0.25) is 0 Å². The number of anilines is 1. The Morgan fingerprint density at radius 3 is 2.45 bits per heavy atom. The molecule has 0 aliphatic heterocycles. The molecule has 0 fully saturated rings. The van der Waals surface area contributed by atoms with Crippen molar-refractivity contribution in [1.29, 1.82) is 0 Å². The van der Waals surface area contributed by atoms with E-state index in [1.807, 2.05) is 0 Å². The van der Waals surface area contributed by atoms with Crippen LogP contribution >= 0.6 is 11.8 Å². The Kier molecular flexibility index (Phi) is 7.41. The van der Waals surface area contributed by atoms with Gasteiger partial charge in [-0.05, 0) is 57.2 Å². The van der Waals surface area contributed by atoms with Crippen molar-refractivity contribution < 1.29 is 13.2 Å². The van der Waals surface area contributed by atoms with Crippen molar-refractivity contribution in [2.45, 2.75) is 42.9 Å². The van der Waals surface area contributed by atoms with E-state index in [2.05, 4.69) is 21.6 Å². The van der Waals surface area contributed by atoms with Crippen LogP contribution in [-0.4, -0.2) is 35.2 Å². The highest BCUT2D eigenvalue weighted by atomic mass is 32.2. The molecule has 174 valence electrons. The number of carbonyl (C=O) groups excluding carboxylic acids is 1. The average Bonchev–Trinajstić information content (AvgIpc) is 2.73. The summed E-state index contributed by atoms with van der Waals surface area (Å²) < 4.78 is 28.9. The fraction of sp³-hybridized carbons (Fsp3) is 0.261. The number of amides is 1. The van der Waals surface area contributed by atoms with Gasteiger partial charge in [0.15, 0.2) is 5.16 Å². The molecule has 0 radical (unpaired) electrons. The first-order chi connectivity index (χ1) is 15.5. The van der Waals surface area contributed by atoms with Gasteiger partial charge in [-0.15, -0.1) is 6.58 Å². The number of nitrogens with one attached hydrogen (secondary N) is 2. The van der Waals surface area contributed by atoms with Crippen LogP contribution in [-0.2, 0) is 21.4 Å². The van der Waals surface area contributed by atoms with Gasteiger partial charge in [0.1, 0.15) is 0 Å². The lowest BCUT2D eigenvalue weighted by molar-refractivity contribution is -0.113. The van der Waals surface area contributed by atoms with Gasteiger partial charge >= 0.3 is 0 Å². The Bertz CT molecular complexity index is 1340. The molecule has 0 spiro atoms. The van der Waals surface area contributed by atoms with Crippen LogP contribution in [0.15, 0.2) is 76.0 Å². The van der Waals surface area contributed by atoms with Gasteiger partial charge in [0, 0.05) is 17.8 Å². The number of hydrogen-bond donors (Lipinski definition) is 2. The Labute approximate surface area is 197 Å². The summed E-state index contributed by atoms with van der Waals surface area (Å²) >= 11 is 1.14. The molecular weight excluding hydrogens is 460 g/mol. The van der Waals surface area contributed by atoms with Gasteiger partial charge in [-0.25, -0.2) is 18.1 Å². The topological polar surface area (TPSA) is 110 Å². The molecule has 2 aromatic carbocycles. The predicted octanol–water partition coefficient (Wildman–Crippen LogP) is 3.39. The van der Waals surface area contributed by atoms with Gasteiger partial charge in [-0.3, -0.25) is 14.2 Å². The molecular formula is C23H26N4O4S2. The minimum atomic E-state index is -3.66. The quantitative estimate of drug-likeness (QED) is 0.287. The molecule has 0 aliphatic rings. The third-order valence-electron chi connectivity index (χ3n) is 4.36. The SMILES string of the molecule is C=CCn1c(SCC(=O)Nc2ccc(S(=O)(=O)NC(C)(C)C)cc2)nc2ccccc2c1=O. The second-order valence-electron chi connectivity index (χ2n) is 8.33. The maximum Gasteiger partial charge on any atom is 0.262 e. The van der Waals surface area contributed by atoms with E-state index in [4.69, 9.17) is 0 Å². The number of aromatic nitrogens is 2. The van der Waals surface area contributed by atoms with E-state index in [9.17, 15) is 18.0 Å². The number of thioether (sulfide) groups is 1. The zero-order chi connectivity index (χ0) is 24.2. The van der Waals surface area contributed by atoms with Crippen molar-refractivity contribution in [1.82, 2.24) is 14.3 Å². The predicted molar refractivity (Wildman–Crippen MR) is 132 cm³/mol. The standard InChI is InChI=1S/C23H26N4O4S2/c1-5-14-27-21(29)18-8-6-7-9-19(18)25-22(27)32-15-20(28)24-16-10-12-17(13-11-16)33(30,31)26-23(2,3)4/h5-13,26H,1,14-15H2,2-4H3,(H,24,28). The molecule has 0 saturated heterocycles. The fourth-order valence-electron chi connectivity index (χ4n) is 3.05. The number of hydrogen-bond acceptors (Lipinski definition) is 6. The number of nitrogens with zero attached hydrogens (tertiary/aromatic N) is 2. The zero-order valence-electron chi connectivity index (χ0n) is 18.7. The van der Waals surface area contributed by atoms with Gasteiger partial charge in [0.05, 0.1) is 21.6 Å². The molecule has 3 rings (SSSR count). The number of rotatable bonds is 8. The lowest BCUT2D eigenvalue weighted by Crippen LogP contribution is -2.40. The molecule has 0 saturated carbocycles. The zero-order valence-corrected chi connectivity index (χ0v) is 20.3. The van der Waals surface area contributed by atoms with Gasteiger partial charge in [-0.1, -0.05) is 30.0 Å². The molecule has 10 heteroatoms. The van der Waals surface area contributed by atoms with E-state index in [0.29, 0.717) is 21.7 Å². The second kappa shape index (κ2) is 9.90. The first-order valence-electron chi connectivity index (χ1n) is 10.2. The van der Waals surface area contributed by atoms with Crippen LogP contribution in [0.3, 0.4) is 0 Å². The third kappa shape index (κ3) is 6.31. The maximum atomic E-state index is 12.8. The van der Waals surface area contributed by atoms with E-state index < -0.39 is 15.6 Å². The molecule has 8 nitrogen and oxygen atoms in total. The Morgan fingerprint density at radius 2 is 1.82 bits per heavy atom. The van der Waals surface area contributed by atoms with Crippen LogP contribution in [0.25, 0.3) is 10.9 Å². The summed E-state index contributed by atoms with van der Waals surface area (Å²) in [5.74, 6) is -0.288. The van der Waals surface area contributed by atoms with Crippen LogP contribution in [0.1, 0.15) is 20.8 Å². The highest BCUT2D eigenvalue weighted by Crippen LogP contribution is 2.20. The van der Waals surface area contributed by atoms with E-state index in [-0.39, 0.29) is 28.7 Å². The molecule has 1 amide bonds. The Morgan fingerprint density at radius 1 is 1.15 bits per heavy atom. The third-order valence-corrected chi connectivity index (χ3v) is 7.11. The van der Waals surface area contributed by atoms with Crippen molar-refractivity contribution in [3.05, 3.63) is 71.5 Å². The highest BCUT2D eigenvalue weighted by Gasteiger charge is 2.22. The minimum absolute atomic E-state index is 0.0214. The lowest BCUT2D eigenvalue weighted by Gasteiger charge is -2.20. The van der Waals surface area contributed by atoms with Crippen molar-refractivity contribution in [2.75, 3.05) is 11.1 Å². The number of benzene rings is 2. The number of carbonyl (C=O) groups is 1. The lowest BCUT2D eigenvalue weighted by atomic mass is 10.1. The summed E-state index contributed by atoms with van der Waals surface area (Å²) in [6.07, 6.45) is 1.60. The van der Waals surface area contributed by atoms with Crippen LogP contribution < -0.4 is 15.6 Å². The summed E-state index contributed by atoms with van der Waals surface area (Å²) in [5, 5.41) is 3.66. The molecule has 1 heterocycles. The summed E-state index contributed by atoms with van der Waals surface area (Å²) in [7, 11) is -3.66. The summed E-state index contributed by atoms with van der Waals surface area (Å²) in [6.45, 7) is 9.25. The normalized spacial score (nSPS) is 12.0. The first-order valence-corrected chi connectivity index (χ1v) is 12.6. The molecule has 0 atom stereocenters. The summed E-state index contributed by atoms with van der Waals surface area (Å²) in [5.41, 5.74) is 0.229. The van der Waals surface area contributed by atoms with E-state index >= 15 is 0 Å². The first kappa shape index (κ1) is 24.7. The van der Waals surface area contributed by atoms with E-state index in [1.54, 1.807) is 51.1 Å². The van der Waals surface area contributed by atoms with Crippen molar-refractivity contribution >= 4 is 44.3 Å². The van der Waals surface area contributed by atoms with Crippen LogP contribution in [0.4, 0.5) is 5.69 Å². The maximum absolute atomic E-state index is 12.8. The van der Waals surface area contributed by atoms with Crippen molar-refractivity contribution in [2.24, 2.45) is 0 Å². The molecule has 2 N–H and O–H groups in total. The summed E-state index contributed by atoms with van der Waals surface area (Å²) in [6, 6.07) is 13.0. The van der Waals surface area contributed by atoms with Crippen LogP contribution in [0, 0.1) is 0 Å². The molecule has 3 aromatic rings. The number of para-hydroxylation sites is 1. The van der Waals surface area contributed by atoms with Gasteiger partial charge in [0.2, 0.25) is 15.9 Å². The monoisotopic (exact) mass is 486 g/mol. The second-order valence-corrected chi connectivity index (χ2v) is 11.0. The van der Waals surface area contributed by atoms with Crippen molar-refractivity contribution in [3.63, 3.8) is 0 Å². The van der Waals surface area contributed by atoms with Gasteiger partial charge < -0.3 is 5.32 Å². The number of sulfonamides is 1. The minimum Gasteiger partial charge on any atom is -0.325 e. The molecule has 0 bridgehead atoms. The van der Waals surface area contributed by atoms with Crippen LogP contribution in [0.5, 0.6) is 0 Å². The molecule has 0 aliphatic carbocycles. The highest BCUT2D eigenvalue weighted by molar-refractivity contribution is 7.99. The summed E-state index contributed by atoms with van der Waals surface area (Å²) in [4.78, 5) is 29.9. The smallest absolute Gasteiger partial charge is 0.262 e. The largest absolute Gasteiger partial charge is 0.325 e. The Balaban J connectivity index is 1.71. The molecule has 0 unspecified atom stereocenters. The van der Waals surface area contributed by atoms with Gasteiger partial charge in [0.25, 0.3) is 5.56 Å². The number of allylic oxidation sites excluding steroid dienone is 1. The van der Waals surface area contributed by atoms with E-state index in [0.717, 1.165) is 11.8 Å². The Hall–Kier alpha value is -2.95. The number of fused-ring (bicyclic) bond motifs is 1. The average molecular weight is 487 g/mol. The van der Waals surface area contributed by atoms with Crippen molar-refractivity contribution in [3.8, 4) is 0 Å². The van der Waals surface area contributed by atoms with Gasteiger partial charge in [-0.2, -0.15) is 0 Å². The molecule has 1 aromatic heterocycles. The molecule has 33 heavy (non-hydrogen) atoms.